The molecule has 0 aliphatic rings. The maximum atomic E-state index is 4.29. The molecule has 5 nitrogen and oxygen atoms in total. The van der Waals surface area contributed by atoms with Gasteiger partial charge in [0.05, 0.1) is 7.05 Å². The second-order valence-corrected chi connectivity index (χ2v) is 5.96. The Bertz CT molecular complexity index is 566. The largest absolute Gasteiger partial charge is 0.310 e. The number of nitrogens with zero attached hydrogens (tertiary/aromatic N) is 4. The van der Waals surface area contributed by atoms with E-state index in [9.17, 15) is 0 Å². The molecule has 2 rings (SSSR count). The highest BCUT2D eigenvalue weighted by atomic mass is 127. The van der Waals surface area contributed by atoms with Crippen LogP contribution in [0.15, 0.2) is 18.2 Å². The maximum absolute atomic E-state index is 4.29. The fourth-order valence-electron chi connectivity index (χ4n) is 2.14. The Morgan fingerprint density at radius 1 is 1.40 bits per heavy atom. The Morgan fingerprint density at radius 3 is 2.85 bits per heavy atom. The van der Waals surface area contributed by atoms with Crippen LogP contribution in [0.5, 0.6) is 0 Å². The summed E-state index contributed by atoms with van der Waals surface area (Å²) in [5.41, 5.74) is 2.62. The van der Waals surface area contributed by atoms with E-state index < -0.39 is 0 Å². The third kappa shape index (κ3) is 3.76. The second kappa shape index (κ2) is 7.12. The smallest absolute Gasteiger partial charge is 0.176 e. The van der Waals surface area contributed by atoms with Crippen LogP contribution < -0.4 is 5.32 Å². The van der Waals surface area contributed by atoms with Gasteiger partial charge < -0.3 is 5.32 Å². The summed E-state index contributed by atoms with van der Waals surface area (Å²) in [7, 11) is 1.79. The van der Waals surface area contributed by atoms with Crippen LogP contribution in [-0.2, 0) is 13.5 Å². The van der Waals surface area contributed by atoms with E-state index in [1.165, 1.54) is 19.5 Å². The van der Waals surface area contributed by atoms with Crippen LogP contribution in [0.3, 0.4) is 0 Å². The van der Waals surface area contributed by atoms with E-state index in [-0.39, 0.29) is 6.04 Å². The average Bonchev–Trinajstić information content (AvgIpc) is 2.83. The van der Waals surface area contributed by atoms with E-state index in [1.807, 2.05) is 0 Å². The first kappa shape index (κ1) is 15.4. The molecule has 0 fully saturated rings. The molecule has 1 aromatic carbocycles. The second-order valence-electron chi connectivity index (χ2n) is 4.88. The Hall–Kier alpha value is -1.02. The van der Waals surface area contributed by atoms with E-state index in [2.05, 4.69) is 75.4 Å². The van der Waals surface area contributed by atoms with Gasteiger partial charge in [-0.25, -0.2) is 0 Å². The first-order valence-corrected chi connectivity index (χ1v) is 7.91. The third-order valence-electron chi connectivity index (χ3n) is 3.17. The highest BCUT2D eigenvalue weighted by molar-refractivity contribution is 14.1. The van der Waals surface area contributed by atoms with Crippen LogP contribution in [-0.4, -0.2) is 26.8 Å². The number of aromatic nitrogens is 4. The number of hydrogen-bond acceptors (Lipinski definition) is 4. The molecule has 0 spiro atoms. The van der Waals surface area contributed by atoms with Gasteiger partial charge in [-0.2, -0.15) is 4.80 Å². The van der Waals surface area contributed by atoms with Gasteiger partial charge in [0, 0.05) is 16.0 Å². The zero-order valence-corrected chi connectivity index (χ0v) is 14.3. The van der Waals surface area contributed by atoms with Gasteiger partial charge in [0.15, 0.2) is 5.82 Å². The number of benzene rings is 1. The van der Waals surface area contributed by atoms with E-state index in [0.717, 1.165) is 25.2 Å². The van der Waals surface area contributed by atoms with Gasteiger partial charge in [0.1, 0.15) is 0 Å². The standard InChI is InChI=1S/C14H20IN5/c1-4-8-16-12(9-13-17-19-20(3)18-13)11-7-5-6-10(2)14(11)15/h5-7,12,16H,4,8-9H2,1-3H3. The Morgan fingerprint density at radius 2 is 2.20 bits per heavy atom. The van der Waals surface area contributed by atoms with Gasteiger partial charge >= 0.3 is 0 Å². The molecule has 2 aromatic rings. The molecule has 0 aliphatic carbocycles. The molecule has 1 atom stereocenters. The summed E-state index contributed by atoms with van der Waals surface area (Å²) in [6.07, 6.45) is 1.86. The molecular formula is C14H20IN5. The van der Waals surface area contributed by atoms with Crippen LogP contribution in [0.1, 0.15) is 36.3 Å². The summed E-state index contributed by atoms with van der Waals surface area (Å²) < 4.78 is 1.31. The Balaban J connectivity index is 2.24. The fraction of sp³-hybridized carbons (Fsp3) is 0.500. The molecule has 6 heteroatoms. The summed E-state index contributed by atoms with van der Waals surface area (Å²) >= 11 is 2.42. The molecular weight excluding hydrogens is 365 g/mol. The summed E-state index contributed by atoms with van der Waals surface area (Å²) in [4.78, 5) is 1.51. The number of halogens is 1. The molecule has 1 aromatic heterocycles. The fourth-order valence-corrected chi connectivity index (χ4v) is 2.87. The minimum atomic E-state index is 0.228. The molecule has 20 heavy (non-hydrogen) atoms. The minimum absolute atomic E-state index is 0.228. The molecule has 0 saturated heterocycles. The van der Waals surface area contributed by atoms with Crippen molar-refractivity contribution in [2.24, 2.45) is 7.05 Å². The zero-order chi connectivity index (χ0) is 14.5. The van der Waals surface area contributed by atoms with Crippen LogP contribution in [0, 0.1) is 10.5 Å². The number of rotatable bonds is 6. The van der Waals surface area contributed by atoms with Crippen LogP contribution in [0.4, 0.5) is 0 Å². The van der Waals surface area contributed by atoms with Crippen molar-refractivity contribution in [3.63, 3.8) is 0 Å². The predicted octanol–water partition coefficient (Wildman–Crippen LogP) is 2.41. The molecule has 0 saturated carbocycles. The van der Waals surface area contributed by atoms with E-state index in [1.54, 1.807) is 7.05 Å². The average molecular weight is 385 g/mol. The SMILES string of the molecule is CCCNC(Cc1nnn(C)n1)c1cccc(C)c1I. The lowest BCUT2D eigenvalue weighted by Crippen LogP contribution is -2.25. The summed E-state index contributed by atoms with van der Waals surface area (Å²) in [6.45, 7) is 5.30. The normalized spacial score (nSPS) is 12.6. The van der Waals surface area contributed by atoms with Crippen molar-refractivity contribution >= 4 is 22.6 Å². The van der Waals surface area contributed by atoms with Gasteiger partial charge in [0.2, 0.25) is 0 Å². The van der Waals surface area contributed by atoms with Gasteiger partial charge in [-0.15, -0.1) is 10.2 Å². The Labute approximate surface area is 133 Å². The van der Waals surface area contributed by atoms with E-state index in [0.29, 0.717) is 0 Å². The highest BCUT2D eigenvalue weighted by Gasteiger charge is 2.17. The monoisotopic (exact) mass is 385 g/mol. The molecule has 0 radical (unpaired) electrons. The zero-order valence-electron chi connectivity index (χ0n) is 12.1. The maximum Gasteiger partial charge on any atom is 0.176 e. The molecule has 0 bridgehead atoms. The lowest BCUT2D eigenvalue weighted by molar-refractivity contribution is 0.515. The van der Waals surface area contributed by atoms with Gasteiger partial charge in [-0.3, -0.25) is 0 Å². The van der Waals surface area contributed by atoms with Gasteiger partial charge in [0.25, 0.3) is 0 Å². The first-order chi connectivity index (χ1) is 9.61. The van der Waals surface area contributed by atoms with Crippen LogP contribution >= 0.6 is 22.6 Å². The molecule has 1 N–H and O–H groups in total. The summed E-state index contributed by atoms with van der Waals surface area (Å²) in [5, 5.41) is 15.9. The van der Waals surface area contributed by atoms with E-state index >= 15 is 0 Å². The highest BCUT2D eigenvalue weighted by Crippen LogP contribution is 2.25. The van der Waals surface area contributed by atoms with Gasteiger partial charge in [-0.05, 0) is 58.8 Å². The number of aryl methyl sites for hydroxylation is 2. The topological polar surface area (TPSA) is 55.6 Å². The quantitative estimate of drug-likeness (QED) is 0.776. The van der Waals surface area contributed by atoms with E-state index in [4.69, 9.17) is 0 Å². The third-order valence-corrected chi connectivity index (χ3v) is 4.65. The molecule has 0 amide bonds. The van der Waals surface area contributed by atoms with Crippen molar-refractivity contribution in [1.82, 2.24) is 25.5 Å². The number of nitrogens with one attached hydrogen (secondary N) is 1. The van der Waals surface area contributed by atoms with Crippen molar-refractivity contribution in [2.75, 3.05) is 6.54 Å². The molecule has 1 unspecified atom stereocenters. The Kier molecular flexibility index (Phi) is 5.47. The molecule has 0 aliphatic heterocycles. The summed E-state index contributed by atoms with van der Waals surface area (Å²) in [5.74, 6) is 0.776. The van der Waals surface area contributed by atoms with Crippen molar-refractivity contribution in [3.05, 3.63) is 38.7 Å². The number of hydrogen-bond donors (Lipinski definition) is 1. The van der Waals surface area contributed by atoms with Crippen LogP contribution in [0.25, 0.3) is 0 Å². The van der Waals surface area contributed by atoms with Crippen molar-refractivity contribution in [2.45, 2.75) is 32.7 Å². The van der Waals surface area contributed by atoms with Crippen molar-refractivity contribution in [1.29, 1.82) is 0 Å². The predicted molar refractivity (Wildman–Crippen MR) is 87.4 cm³/mol. The lowest BCUT2D eigenvalue weighted by Gasteiger charge is -2.19. The number of tetrazole rings is 1. The lowest BCUT2D eigenvalue weighted by atomic mass is 10.0. The minimum Gasteiger partial charge on any atom is -0.310 e. The van der Waals surface area contributed by atoms with Crippen molar-refractivity contribution in [3.8, 4) is 0 Å². The molecule has 1 heterocycles. The molecule has 108 valence electrons. The first-order valence-electron chi connectivity index (χ1n) is 6.83. The summed E-state index contributed by atoms with van der Waals surface area (Å²) in [6, 6.07) is 6.66. The van der Waals surface area contributed by atoms with Gasteiger partial charge in [-0.1, -0.05) is 25.1 Å². The van der Waals surface area contributed by atoms with Crippen LogP contribution in [0.2, 0.25) is 0 Å². The van der Waals surface area contributed by atoms with Crippen molar-refractivity contribution < 1.29 is 0 Å².